The summed E-state index contributed by atoms with van der Waals surface area (Å²) in [5.41, 5.74) is 2.80. The molecule has 1 heterocycles. The standard InChI is InChI=1S/C34H54N2O2/c1-7-35(5,8-2)26-32-33(27-36(6,9-3)10-4)38-34(37-32)30(24-28-18-13-11-14-19-28)22-17-23-31(34)25-29-20-15-12-16-21-29/h11-16,18-21,30-33H,7-10,17,22-27H2,1-6H3/q+2/t30-,31-,32+,33+/m1/s1. The van der Waals surface area contributed by atoms with Crippen LogP contribution in [0.2, 0.25) is 0 Å². The van der Waals surface area contributed by atoms with Gasteiger partial charge in [-0.3, -0.25) is 0 Å². The van der Waals surface area contributed by atoms with Gasteiger partial charge >= 0.3 is 0 Å². The van der Waals surface area contributed by atoms with E-state index in [0.29, 0.717) is 11.8 Å². The Bertz CT molecular complexity index is 891. The second-order valence-corrected chi connectivity index (χ2v) is 12.6. The van der Waals surface area contributed by atoms with Gasteiger partial charge in [-0.2, -0.15) is 0 Å². The van der Waals surface area contributed by atoms with Crippen LogP contribution in [0.25, 0.3) is 0 Å². The van der Waals surface area contributed by atoms with E-state index in [4.69, 9.17) is 9.47 Å². The Morgan fingerprint density at radius 3 is 1.34 bits per heavy atom. The minimum atomic E-state index is -0.530. The zero-order valence-electron chi connectivity index (χ0n) is 25.1. The van der Waals surface area contributed by atoms with E-state index < -0.39 is 5.79 Å². The first-order chi connectivity index (χ1) is 18.3. The predicted molar refractivity (Wildman–Crippen MR) is 158 cm³/mol. The van der Waals surface area contributed by atoms with Gasteiger partial charge in [-0.15, -0.1) is 0 Å². The molecule has 1 saturated heterocycles. The maximum absolute atomic E-state index is 7.46. The molecule has 1 saturated carbocycles. The summed E-state index contributed by atoms with van der Waals surface area (Å²) in [6.07, 6.45) is 5.85. The normalized spacial score (nSPS) is 25.6. The third-order valence-corrected chi connectivity index (χ3v) is 10.3. The van der Waals surface area contributed by atoms with Gasteiger partial charge in [0.1, 0.15) is 25.3 Å². The molecule has 0 amide bonds. The van der Waals surface area contributed by atoms with Crippen molar-refractivity contribution in [3.05, 3.63) is 71.8 Å². The monoisotopic (exact) mass is 522 g/mol. The number of rotatable bonds is 12. The van der Waals surface area contributed by atoms with Crippen molar-refractivity contribution in [2.45, 2.75) is 77.8 Å². The molecule has 2 fully saturated rings. The van der Waals surface area contributed by atoms with Gasteiger partial charge in [-0.05, 0) is 64.5 Å². The van der Waals surface area contributed by atoms with Crippen molar-refractivity contribution < 1.29 is 18.4 Å². The maximum Gasteiger partial charge on any atom is 0.176 e. The molecule has 1 spiro atoms. The van der Waals surface area contributed by atoms with E-state index in [9.17, 15) is 0 Å². The lowest BCUT2D eigenvalue weighted by molar-refractivity contribution is -0.916. The van der Waals surface area contributed by atoms with Gasteiger partial charge < -0.3 is 18.4 Å². The Morgan fingerprint density at radius 2 is 1.00 bits per heavy atom. The summed E-state index contributed by atoms with van der Waals surface area (Å²) in [7, 11) is 4.78. The molecule has 4 rings (SSSR count). The van der Waals surface area contributed by atoms with Gasteiger partial charge in [0.15, 0.2) is 5.79 Å². The van der Waals surface area contributed by atoms with Crippen LogP contribution in [0.15, 0.2) is 60.7 Å². The fourth-order valence-electron chi connectivity index (χ4n) is 6.81. The minimum absolute atomic E-state index is 0.116. The summed E-state index contributed by atoms with van der Waals surface area (Å²) < 4.78 is 17.0. The second kappa shape index (κ2) is 12.6. The molecule has 0 unspecified atom stereocenters. The summed E-state index contributed by atoms with van der Waals surface area (Å²) >= 11 is 0. The molecule has 1 aliphatic heterocycles. The van der Waals surface area contributed by atoms with E-state index in [1.807, 2.05) is 0 Å². The quantitative estimate of drug-likeness (QED) is 0.303. The van der Waals surface area contributed by atoms with Crippen molar-refractivity contribution in [2.75, 3.05) is 53.4 Å². The van der Waals surface area contributed by atoms with Crippen molar-refractivity contribution in [3.8, 4) is 0 Å². The Hall–Kier alpha value is -1.72. The second-order valence-electron chi connectivity index (χ2n) is 12.6. The minimum Gasteiger partial charge on any atom is -0.337 e. The molecule has 0 radical (unpaired) electrons. The summed E-state index contributed by atoms with van der Waals surface area (Å²) in [6, 6.07) is 22.0. The molecule has 1 aliphatic carbocycles. The smallest absolute Gasteiger partial charge is 0.176 e. The maximum atomic E-state index is 7.46. The van der Waals surface area contributed by atoms with Crippen LogP contribution in [0, 0.1) is 11.8 Å². The lowest BCUT2D eigenvalue weighted by Gasteiger charge is -2.46. The number of ether oxygens (including phenoxy) is 2. The molecule has 0 N–H and O–H groups in total. The third kappa shape index (κ3) is 6.53. The van der Waals surface area contributed by atoms with Gasteiger partial charge in [0.2, 0.25) is 0 Å². The average Bonchev–Trinajstić information content (AvgIpc) is 3.29. The zero-order valence-corrected chi connectivity index (χ0v) is 25.1. The molecule has 4 nitrogen and oxygen atoms in total. The number of nitrogens with zero attached hydrogens (tertiary/aromatic N) is 2. The average molecular weight is 523 g/mol. The van der Waals surface area contributed by atoms with Crippen molar-refractivity contribution in [1.29, 1.82) is 0 Å². The Labute approximate surface area is 233 Å². The lowest BCUT2D eigenvalue weighted by atomic mass is 9.71. The topological polar surface area (TPSA) is 18.5 Å². The molecule has 2 aromatic carbocycles. The summed E-state index contributed by atoms with van der Waals surface area (Å²) in [5, 5.41) is 0. The van der Waals surface area contributed by atoms with Gasteiger partial charge in [0.05, 0.1) is 40.3 Å². The van der Waals surface area contributed by atoms with Crippen LogP contribution in [0.4, 0.5) is 0 Å². The molecule has 4 atom stereocenters. The largest absolute Gasteiger partial charge is 0.337 e. The summed E-state index contributed by atoms with van der Waals surface area (Å²) in [4.78, 5) is 0. The molecule has 210 valence electrons. The Morgan fingerprint density at radius 1 is 0.632 bits per heavy atom. The first kappa shape index (κ1) is 29.3. The van der Waals surface area contributed by atoms with Gasteiger partial charge in [-0.25, -0.2) is 0 Å². The van der Waals surface area contributed by atoms with Crippen LogP contribution < -0.4 is 0 Å². The molecule has 38 heavy (non-hydrogen) atoms. The van der Waals surface area contributed by atoms with Crippen LogP contribution in [-0.2, 0) is 22.3 Å². The first-order valence-electron chi connectivity index (χ1n) is 15.4. The van der Waals surface area contributed by atoms with Gasteiger partial charge in [-0.1, -0.05) is 67.1 Å². The highest BCUT2D eigenvalue weighted by Crippen LogP contribution is 2.50. The SMILES string of the molecule is CC[N+](C)(CC)C[C@@H]1OC2(O[C@H]1C[N+](C)(CC)CC)[C@@H](Cc1ccccc1)CCC[C@@H]2Cc1ccccc1. The molecular formula is C34H54N2O2+2. The highest BCUT2D eigenvalue weighted by molar-refractivity contribution is 5.19. The number of hydrogen-bond donors (Lipinski definition) is 0. The fraction of sp³-hybridized carbons (Fsp3) is 0.647. The van der Waals surface area contributed by atoms with Crippen molar-refractivity contribution >= 4 is 0 Å². The summed E-state index contributed by atoms with van der Waals surface area (Å²) in [6.45, 7) is 15.8. The van der Waals surface area contributed by atoms with E-state index in [-0.39, 0.29) is 12.2 Å². The molecule has 2 aliphatic rings. The Kier molecular flexibility index (Phi) is 9.73. The van der Waals surface area contributed by atoms with Crippen LogP contribution >= 0.6 is 0 Å². The highest BCUT2D eigenvalue weighted by Gasteiger charge is 2.59. The molecule has 0 aromatic heterocycles. The number of benzene rings is 2. The Balaban J connectivity index is 1.73. The number of likely N-dealkylation sites (N-methyl/N-ethyl adjacent to an activating group) is 2. The first-order valence-corrected chi connectivity index (χ1v) is 15.4. The number of hydrogen-bond acceptors (Lipinski definition) is 2. The molecule has 4 heteroatoms. The van der Waals surface area contributed by atoms with Crippen LogP contribution in [-0.4, -0.2) is 80.3 Å². The lowest BCUT2D eigenvalue weighted by Crippen LogP contribution is -2.55. The zero-order chi connectivity index (χ0) is 27.2. The summed E-state index contributed by atoms with van der Waals surface area (Å²) in [5.74, 6) is 0.200. The molecule has 0 bridgehead atoms. The van der Waals surface area contributed by atoms with E-state index in [1.165, 1.54) is 30.4 Å². The van der Waals surface area contributed by atoms with Gasteiger partial charge in [0, 0.05) is 11.8 Å². The van der Waals surface area contributed by atoms with Crippen molar-refractivity contribution in [1.82, 2.24) is 0 Å². The van der Waals surface area contributed by atoms with Crippen molar-refractivity contribution in [2.24, 2.45) is 11.8 Å². The van der Waals surface area contributed by atoms with E-state index >= 15 is 0 Å². The van der Waals surface area contributed by atoms with Crippen LogP contribution in [0.1, 0.15) is 58.1 Å². The third-order valence-electron chi connectivity index (χ3n) is 10.3. The highest BCUT2D eigenvalue weighted by atomic mass is 16.8. The van der Waals surface area contributed by atoms with Crippen molar-refractivity contribution in [3.63, 3.8) is 0 Å². The van der Waals surface area contributed by atoms with Crippen LogP contribution in [0.5, 0.6) is 0 Å². The fourth-order valence-corrected chi connectivity index (χ4v) is 6.81. The van der Waals surface area contributed by atoms with E-state index in [1.54, 1.807) is 0 Å². The molecular weight excluding hydrogens is 468 g/mol. The van der Waals surface area contributed by atoms with Crippen LogP contribution in [0.3, 0.4) is 0 Å². The number of quaternary nitrogens is 2. The van der Waals surface area contributed by atoms with Gasteiger partial charge in [0.25, 0.3) is 0 Å². The van der Waals surface area contributed by atoms with E-state index in [2.05, 4.69) is 102 Å². The molecule has 2 aromatic rings. The van der Waals surface area contributed by atoms with E-state index in [0.717, 1.165) is 61.1 Å². The predicted octanol–water partition coefficient (Wildman–Crippen LogP) is 6.34.